The molecule has 0 bridgehead atoms. The summed E-state index contributed by atoms with van der Waals surface area (Å²) in [6.45, 7) is 1.55. The lowest BCUT2D eigenvalue weighted by atomic mass is 9.68. The Hall–Kier alpha value is -3.02. The normalized spacial score (nSPS) is 25.5. The Bertz CT molecular complexity index is 978. The fraction of sp³-hybridized carbons (Fsp3) is 0.500. The Kier molecular flexibility index (Phi) is 6.13. The molecule has 1 aromatic carbocycles. The van der Waals surface area contributed by atoms with Crippen molar-refractivity contribution in [2.24, 2.45) is 0 Å². The Labute approximate surface area is 189 Å². The Balaban J connectivity index is 1.63. The van der Waals surface area contributed by atoms with Gasteiger partial charge in [-0.2, -0.15) is 5.26 Å². The van der Waals surface area contributed by atoms with Crippen LogP contribution in [0.2, 0.25) is 0 Å². The number of rotatable bonds is 6. The third kappa shape index (κ3) is 3.72. The maximum absolute atomic E-state index is 13.4. The van der Waals surface area contributed by atoms with Gasteiger partial charge in [-0.25, -0.2) is 14.8 Å². The van der Waals surface area contributed by atoms with E-state index in [9.17, 15) is 4.79 Å². The average molecular weight is 435 g/mol. The van der Waals surface area contributed by atoms with Crippen molar-refractivity contribution in [2.75, 3.05) is 45.8 Å². The van der Waals surface area contributed by atoms with Gasteiger partial charge in [0, 0.05) is 19.2 Å². The monoisotopic (exact) mass is 434 g/mol. The second kappa shape index (κ2) is 8.85. The van der Waals surface area contributed by atoms with Crippen LogP contribution in [0.15, 0.2) is 42.7 Å². The van der Waals surface area contributed by atoms with Crippen molar-refractivity contribution < 1.29 is 9.53 Å². The van der Waals surface area contributed by atoms with Crippen LogP contribution in [0.5, 0.6) is 0 Å². The topological polar surface area (TPSA) is 85.6 Å². The molecule has 1 saturated heterocycles. The van der Waals surface area contributed by atoms with Gasteiger partial charge in [0.05, 0.1) is 36.6 Å². The van der Waals surface area contributed by atoms with E-state index >= 15 is 0 Å². The first-order valence-corrected chi connectivity index (χ1v) is 11.0. The molecule has 0 atom stereocenters. The minimum atomic E-state index is -0.291. The van der Waals surface area contributed by atoms with Crippen molar-refractivity contribution in [2.45, 2.75) is 36.8 Å². The minimum absolute atomic E-state index is 0.0547. The smallest absolute Gasteiger partial charge is 0.327 e. The summed E-state index contributed by atoms with van der Waals surface area (Å²) in [7, 11) is 5.94. The number of ether oxygens (including phenoxy) is 1. The van der Waals surface area contributed by atoms with Crippen molar-refractivity contribution in [3.8, 4) is 6.07 Å². The number of benzene rings is 1. The quantitative estimate of drug-likeness (QED) is 0.695. The lowest BCUT2D eigenvalue weighted by Crippen LogP contribution is -2.56. The van der Waals surface area contributed by atoms with Crippen LogP contribution in [-0.4, -0.2) is 72.2 Å². The van der Waals surface area contributed by atoms with Gasteiger partial charge in [0.1, 0.15) is 6.07 Å². The van der Waals surface area contributed by atoms with Crippen LogP contribution in [0.3, 0.4) is 0 Å². The standard InChI is InChI=1S/C24H30N6O2/c1-28(2)24(20-7-5-4-6-8-20)11-9-23(10-12-24)18-29(22(31)30(23)13-14-32-3)21-26-16-19(15-25)17-27-21/h4-8,16-17H,9-14,18H2,1-3H3. The molecule has 2 aromatic rings. The number of aromatic nitrogens is 2. The zero-order chi connectivity index (χ0) is 22.8. The van der Waals surface area contributed by atoms with Crippen LogP contribution in [0.25, 0.3) is 0 Å². The van der Waals surface area contributed by atoms with Gasteiger partial charge < -0.3 is 9.64 Å². The summed E-state index contributed by atoms with van der Waals surface area (Å²) in [5.41, 5.74) is 1.35. The highest BCUT2D eigenvalue weighted by molar-refractivity contribution is 5.93. The molecule has 2 fully saturated rings. The third-order valence-electron chi connectivity index (χ3n) is 7.19. The number of amides is 2. The molecule has 2 aliphatic rings. The molecule has 1 saturated carbocycles. The lowest BCUT2D eigenvalue weighted by molar-refractivity contribution is 0.0189. The van der Waals surface area contributed by atoms with Crippen molar-refractivity contribution in [1.29, 1.82) is 5.26 Å². The fourth-order valence-corrected chi connectivity index (χ4v) is 5.29. The molecule has 0 unspecified atom stereocenters. The van der Waals surface area contributed by atoms with Crippen molar-refractivity contribution in [1.82, 2.24) is 19.8 Å². The van der Waals surface area contributed by atoms with Gasteiger partial charge in [-0.3, -0.25) is 9.80 Å². The van der Waals surface area contributed by atoms with E-state index in [0.717, 1.165) is 25.7 Å². The molecule has 32 heavy (non-hydrogen) atoms. The molecule has 4 rings (SSSR count). The van der Waals surface area contributed by atoms with Crippen molar-refractivity contribution >= 4 is 12.0 Å². The van der Waals surface area contributed by atoms with E-state index in [4.69, 9.17) is 10.00 Å². The van der Waals surface area contributed by atoms with Gasteiger partial charge >= 0.3 is 6.03 Å². The number of carbonyl (C=O) groups is 1. The first-order valence-electron chi connectivity index (χ1n) is 11.0. The van der Waals surface area contributed by atoms with Gasteiger partial charge in [-0.15, -0.1) is 0 Å². The first-order chi connectivity index (χ1) is 15.5. The SMILES string of the molecule is COCCN1C(=O)N(c2ncc(C#N)cn2)CC12CCC(c1ccccc1)(N(C)C)CC2. The molecule has 8 nitrogen and oxygen atoms in total. The average Bonchev–Trinajstić information content (AvgIpc) is 3.09. The number of nitriles is 1. The highest BCUT2D eigenvalue weighted by Gasteiger charge is 2.55. The highest BCUT2D eigenvalue weighted by Crippen LogP contribution is 2.49. The second-order valence-corrected chi connectivity index (χ2v) is 8.91. The molecule has 168 valence electrons. The van der Waals surface area contributed by atoms with E-state index in [0.29, 0.717) is 31.2 Å². The van der Waals surface area contributed by atoms with Gasteiger partial charge in [-0.1, -0.05) is 30.3 Å². The van der Waals surface area contributed by atoms with Gasteiger partial charge in [0.25, 0.3) is 0 Å². The van der Waals surface area contributed by atoms with E-state index in [-0.39, 0.29) is 17.1 Å². The van der Waals surface area contributed by atoms with Crippen LogP contribution >= 0.6 is 0 Å². The molecular formula is C24H30N6O2. The number of hydrogen-bond acceptors (Lipinski definition) is 6. The van der Waals surface area contributed by atoms with Crippen LogP contribution in [0, 0.1) is 11.3 Å². The molecular weight excluding hydrogens is 404 g/mol. The molecule has 0 radical (unpaired) electrons. The summed E-state index contributed by atoms with van der Waals surface area (Å²) in [5, 5.41) is 9.03. The number of nitrogens with zero attached hydrogens (tertiary/aromatic N) is 6. The molecule has 2 amide bonds. The molecule has 1 aliphatic carbocycles. The summed E-state index contributed by atoms with van der Waals surface area (Å²) < 4.78 is 5.32. The van der Waals surface area contributed by atoms with Gasteiger partial charge in [-0.05, 0) is 45.3 Å². The highest BCUT2D eigenvalue weighted by atomic mass is 16.5. The third-order valence-corrected chi connectivity index (χ3v) is 7.19. The zero-order valence-electron chi connectivity index (χ0n) is 19.0. The Morgan fingerprint density at radius 1 is 1.12 bits per heavy atom. The van der Waals surface area contributed by atoms with Crippen molar-refractivity contribution in [3.05, 3.63) is 53.9 Å². The molecule has 1 aliphatic heterocycles. The van der Waals surface area contributed by atoms with Crippen molar-refractivity contribution in [3.63, 3.8) is 0 Å². The number of urea groups is 1. The fourth-order valence-electron chi connectivity index (χ4n) is 5.29. The minimum Gasteiger partial charge on any atom is -0.383 e. The number of hydrogen-bond donors (Lipinski definition) is 0. The van der Waals surface area contributed by atoms with Crippen LogP contribution in [-0.2, 0) is 10.3 Å². The summed E-state index contributed by atoms with van der Waals surface area (Å²) in [6.07, 6.45) is 6.58. The van der Waals surface area contributed by atoms with E-state index in [2.05, 4.69) is 59.3 Å². The van der Waals surface area contributed by atoms with E-state index in [1.54, 1.807) is 12.0 Å². The van der Waals surface area contributed by atoms with E-state index in [1.165, 1.54) is 18.0 Å². The van der Waals surface area contributed by atoms with Gasteiger partial charge in [0.2, 0.25) is 5.95 Å². The summed E-state index contributed by atoms with van der Waals surface area (Å²) in [6, 6.07) is 12.6. The molecule has 1 aromatic heterocycles. The zero-order valence-corrected chi connectivity index (χ0v) is 19.0. The maximum Gasteiger partial charge on any atom is 0.327 e. The Morgan fingerprint density at radius 3 is 2.34 bits per heavy atom. The molecule has 2 heterocycles. The molecule has 0 N–H and O–H groups in total. The first kappa shape index (κ1) is 22.2. The maximum atomic E-state index is 13.4. The Morgan fingerprint density at radius 2 is 1.78 bits per heavy atom. The number of carbonyl (C=O) groups excluding carboxylic acids is 1. The van der Waals surface area contributed by atoms with Crippen LogP contribution in [0.4, 0.5) is 10.7 Å². The summed E-state index contributed by atoms with van der Waals surface area (Å²) >= 11 is 0. The predicted octanol–water partition coefficient (Wildman–Crippen LogP) is 3.01. The van der Waals surface area contributed by atoms with Crippen LogP contribution in [0.1, 0.15) is 36.8 Å². The number of anilines is 1. The van der Waals surface area contributed by atoms with Crippen LogP contribution < -0.4 is 4.90 Å². The molecule has 8 heteroatoms. The number of methoxy groups -OCH3 is 1. The lowest BCUT2D eigenvalue weighted by Gasteiger charge is -2.51. The van der Waals surface area contributed by atoms with E-state index < -0.39 is 0 Å². The van der Waals surface area contributed by atoms with Gasteiger partial charge in [0.15, 0.2) is 0 Å². The second-order valence-electron chi connectivity index (χ2n) is 8.91. The molecule has 1 spiro atoms. The largest absolute Gasteiger partial charge is 0.383 e. The summed E-state index contributed by atoms with van der Waals surface area (Å²) in [4.78, 5) is 28.0. The predicted molar refractivity (Wildman–Crippen MR) is 121 cm³/mol. The summed E-state index contributed by atoms with van der Waals surface area (Å²) in [5.74, 6) is 0.348. The van der Waals surface area contributed by atoms with E-state index in [1.807, 2.05) is 11.0 Å².